The van der Waals surface area contributed by atoms with E-state index < -0.39 is 29.0 Å². The lowest BCUT2D eigenvalue weighted by Gasteiger charge is -2.37. The number of aromatic nitrogens is 1. The first kappa shape index (κ1) is 18.2. The van der Waals surface area contributed by atoms with Gasteiger partial charge in [0.15, 0.2) is 0 Å². The molecule has 2 aliphatic heterocycles. The molecule has 8 heteroatoms. The topological polar surface area (TPSA) is 85.6 Å². The van der Waals surface area contributed by atoms with Gasteiger partial charge >= 0.3 is 16.8 Å². The van der Waals surface area contributed by atoms with Crippen LogP contribution >= 0.6 is 23.1 Å². The molecular formula is C21H15NO5S2. The van der Waals surface area contributed by atoms with Gasteiger partial charge in [0.1, 0.15) is 11.0 Å². The zero-order valence-electron chi connectivity index (χ0n) is 15.0. The van der Waals surface area contributed by atoms with Gasteiger partial charge in [0.25, 0.3) is 0 Å². The van der Waals surface area contributed by atoms with Crippen molar-refractivity contribution >= 4 is 35.0 Å². The average Bonchev–Trinajstić information content (AvgIpc) is 3.03. The van der Waals surface area contributed by atoms with Crippen molar-refractivity contribution in [3.05, 3.63) is 80.3 Å². The number of rotatable bonds is 3. The Bertz CT molecular complexity index is 1180. The summed E-state index contributed by atoms with van der Waals surface area (Å²) in [5, 5.41) is 9.45. The zero-order valence-corrected chi connectivity index (χ0v) is 16.6. The molecule has 0 radical (unpaired) electrons. The van der Waals surface area contributed by atoms with E-state index in [2.05, 4.69) is 0 Å². The number of carboxylic acids is 1. The van der Waals surface area contributed by atoms with E-state index in [9.17, 15) is 19.5 Å². The van der Waals surface area contributed by atoms with E-state index in [-0.39, 0.29) is 4.87 Å². The Morgan fingerprint density at radius 3 is 2.55 bits per heavy atom. The second-order valence-electron chi connectivity index (χ2n) is 6.95. The summed E-state index contributed by atoms with van der Waals surface area (Å²) < 4.78 is 7.05. The number of thioether (sulfide) groups is 1. The van der Waals surface area contributed by atoms with E-state index in [0.717, 1.165) is 39.1 Å². The van der Waals surface area contributed by atoms with Gasteiger partial charge in [0.05, 0.1) is 17.5 Å². The Morgan fingerprint density at radius 2 is 1.79 bits per heavy atom. The number of carboxylic acid groups (broad SMARTS) is 1. The number of carbonyl (C=O) groups excluding carboxylic acids is 1. The minimum Gasteiger partial charge on any atom is -0.480 e. The van der Waals surface area contributed by atoms with E-state index in [1.165, 1.54) is 0 Å². The summed E-state index contributed by atoms with van der Waals surface area (Å²) in [6, 6.07) is 16.7. The third kappa shape index (κ3) is 2.90. The lowest BCUT2D eigenvalue weighted by molar-refractivity contribution is -0.147. The Balaban J connectivity index is 1.70. The number of thiazole rings is 1. The van der Waals surface area contributed by atoms with E-state index in [4.69, 9.17) is 4.74 Å². The number of hydrogen-bond acceptors (Lipinski definition) is 6. The predicted molar refractivity (Wildman–Crippen MR) is 109 cm³/mol. The van der Waals surface area contributed by atoms with Gasteiger partial charge in [-0.3, -0.25) is 19.0 Å². The maximum Gasteiger partial charge on any atom is 0.317 e. The SMILES string of the molecule is O=C1Oc2ccccc2[C@@H]2c3sc(=O)n(Cc4ccccc4)c3S[C@@H](C(=O)O)[C@H]12. The number of fused-ring (bicyclic) bond motifs is 5. The summed E-state index contributed by atoms with van der Waals surface area (Å²) in [6.45, 7) is 0.355. The summed E-state index contributed by atoms with van der Waals surface area (Å²) in [6.07, 6.45) is 0. The maximum absolute atomic E-state index is 12.9. The summed E-state index contributed by atoms with van der Waals surface area (Å²) in [7, 11) is 0. The first-order valence-electron chi connectivity index (χ1n) is 9.02. The van der Waals surface area contributed by atoms with Crippen LogP contribution in [0.15, 0.2) is 64.4 Å². The lowest BCUT2D eigenvalue weighted by Crippen LogP contribution is -2.44. The van der Waals surface area contributed by atoms with Crippen LogP contribution in [0.4, 0.5) is 0 Å². The van der Waals surface area contributed by atoms with Crippen molar-refractivity contribution in [3.8, 4) is 5.75 Å². The van der Waals surface area contributed by atoms with Gasteiger partial charge in [-0.25, -0.2) is 0 Å². The molecule has 3 atom stereocenters. The molecule has 2 aliphatic rings. The highest BCUT2D eigenvalue weighted by molar-refractivity contribution is 8.00. The Kier molecular flexibility index (Phi) is 4.33. The van der Waals surface area contributed by atoms with Crippen LogP contribution < -0.4 is 9.61 Å². The number of aliphatic carboxylic acids is 1. The third-order valence-electron chi connectivity index (χ3n) is 5.24. The minimum atomic E-state index is -1.09. The molecule has 0 aliphatic carbocycles. The van der Waals surface area contributed by atoms with Gasteiger partial charge in [-0.1, -0.05) is 71.6 Å². The molecule has 6 nitrogen and oxygen atoms in total. The number of para-hydroxylation sites is 1. The summed E-state index contributed by atoms with van der Waals surface area (Å²) in [4.78, 5) is 38.2. The number of carbonyl (C=O) groups is 2. The fourth-order valence-corrected chi connectivity index (χ4v) is 6.62. The lowest BCUT2D eigenvalue weighted by atomic mass is 9.80. The number of hydrogen-bond donors (Lipinski definition) is 1. The summed E-state index contributed by atoms with van der Waals surface area (Å²) >= 11 is 2.16. The van der Waals surface area contributed by atoms with Crippen LogP contribution in [0.3, 0.4) is 0 Å². The van der Waals surface area contributed by atoms with Crippen molar-refractivity contribution in [2.75, 3.05) is 0 Å². The smallest absolute Gasteiger partial charge is 0.317 e. The number of benzene rings is 2. The molecule has 0 saturated heterocycles. The minimum absolute atomic E-state index is 0.160. The molecule has 1 aromatic heterocycles. The second-order valence-corrected chi connectivity index (χ2v) is 9.07. The molecule has 0 bridgehead atoms. The van der Waals surface area contributed by atoms with Crippen molar-refractivity contribution in [2.24, 2.45) is 5.92 Å². The molecule has 2 aromatic carbocycles. The van der Waals surface area contributed by atoms with Crippen molar-refractivity contribution in [2.45, 2.75) is 22.7 Å². The molecule has 3 heterocycles. The van der Waals surface area contributed by atoms with Crippen molar-refractivity contribution in [3.63, 3.8) is 0 Å². The molecule has 0 amide bonds. The van der Waals surface area contributed by atoms with Crippen LogP contribution in [0.1, 0.15) is 21.9 Å². The molecule has 0 unspecified atom stereocenters. The summed E-state index contributed by atoms with van der Waals surface area (Å²) in [5.74, 6) is -2.59. The van der Waals surface area contributed by atoms with Crippen LogP contribution in [-0.2, 0) is 16.1 Å². The first-order chi connectivity index (χ1) is 14.0. The van der Waals surface area contributed by atoms with E-state index >= 15 is 0 Å². The average molecular weight is 425 g/mol. The fourth-order valence-electron chi connectivity index (χ4n) is 3.97. The van der Waals surface area contributed by atoms with E-state index in [0.29, 0.717) is 17.3 Å². The van der Waals surface area contributed by atoms with Gasteiger partial charge in [0.2, 0.25) is 0 Å². The molecule has 0 spiro atoms. The molecule has 0 saturated carbocycles. The molecule has 1 N–H and O–H groups in total. The van der Waals surface area contributed by atoms with Gasteiger partial charge in [0, 0.05) is 16.4 Å². The second kappa shape index (κ2) is 6.89. The molecule has 5 rings (SSSR count). The van der Waals surface area contributed by atoms with Crippen LogP contribution in [0.2, 0.25) is 0 Å². The monoisotopic (exact) mass is 425 g/mol. The number of nitrogens with zero attached hydrogens (tertiary/aromatic N) is 1. The molecule has 29 heavy (non-hydrogen) atoms. The van der Waals surface area contributed by atoms with Crippen LogP contribution in [-0.4, -0.2) is 26.9 Å². The van der Waals surface area contributed by atoms with Crippen molar-refractivity contribution < 1.29 is 19.4 Å². The summed E-state index contributed by atoms with van der Waals surface area (Å²) in [5.41, 5.74) is 1.70. The maximum atomic E-state index is 12.9. The molecule has 3 aromatic rings. The third-order valence-corrected chi connectivity index (χ3v) is 7.85. The largest absolute Gasteiger partial charge is 0.480 e. The van der Waals surface area contributed by atoms with Crippen molar-refractivity contribution in [1.82, 2.24) is 4.57 Å². The number of ether oxygens (including phenoxy) is 1. The molecular weight excluding hydrogens is 410 g/mol. The van der Waals surface area contributed by atoms with Crippen LogP contribution in [0.25, 0.3) is 0 Å². The number of esters is 1. The predicted octanol–water partition coefficient (Wildman–Crippen LogP) is 3.18. The molecule has 0 fully saturated rings. The van der Waals surface area contributed by atoms with Gasteiger partial charge in [-0.15, -0.1) is 0 Å². The van der Waals surface area contributed by atoms with E-state index in [1.54, 1.807) is 16.7 Å². The highest BCUT2D eigenvalue weighted by Gasteiger charge is 2.52. The first-order valence-corrected chi connectivity index (χ1v) is 10.7. The fraction of sp³-hybridized carbons (Fsp3) is 0.190. The van der Waals surface area contributed by atoms with Crippen molar-refractivity contribution in [1.29, 1.82) is 0 Å². The van der Waals surface area contributed by atoms with Crippen LogP contribution in [0, 0.1) is 5.92 Å². The van der Waals surface area contributed by atoms with Gasteiger partial charge in [-0.2, -0.15) is 0 Å². The van der Waals surface area contributed by atoms with Gasteiger partial charge < -0.3 is 9.84 Å². The van der Waals surface area contributed by atoms with Gasteiger partial charge in [-0.05, 0) is 11.6 Å². The van der Waals surface area contributed by atoms with E-state index in [1.807, 2.05) is 42.5 Å². The standard InChI is InChI=1S/C21H15NO5S2/c23-19(24)17-15-14(12-8-4-5-9-13(12)27-20(15)25)16-18(28-17)22(21(26)29-16)10-11-6-2-1-3-7-11/h1-9,14-15,17H,10H2,(H,23,24)/t14-,15+,17+/m0/s1. The highest BCUT2D eigenvalue weighted by atomic mass is 32.2. The quantitative estimate of drug-likeness (QED) is 0.512. The Labute approximate surface area is 173 Å². The molecule has 146 valence electrons. The zero-order chi connectivity index (χ0) is 20.1. The Hall–Kier alpha value is -2.84. The highest BCUT2D eigenvalue weighted by Crippen LogP contribution is 2.54. The normalized spacial score (nSPS) is 22.2. The van der Waals surface area contributed by atoms with Crippen LogP contribution in [0.5, 0.6) is 5.75 Å². The Morgan fingerprint density at radius 1 is 1.07 bits per heavy atom.